The Morgan fingerprint density at radius 3 is 2.74 bits per heavy atom. The number of esters is 1. The molecular formula is C16H11BrFNO4. The first kappa shape index (κ1) is 16.8. The lowest BCUT2D eigenvalue weighted by atomic mass is 10.1. The van der Waals surface area contributed by atoms with Crippen LogP contribution >= 0.6 is 15.9 Å². The maximum Gasteiger partial charge on any atom is 0.331 e. The number of benzene rings is 2. The zero-order chi connectivity index (χ0) is 16.8. The van der Waals surface area contributed by atoms with Crippen LogP contribution < -0.4 is 0 Å². The number of nitrogens with zero attached hydrogens (tertiary/aromatic N) is 1. The standard InChI is InChI=1S/C16H11BrFNO4/c17-14-9-13(18)7-5-12(14)10-23-16(20)8-6-11-3-1-2-4-15(11)19(21)22/h1-9H,10H2/b8-6+. The highest BCUT2D eigenvalue weighted by Crippen LogP contribution is 2.20. The van der Waals surface area contributed by atoms with E-state index in [0.29, 0.717) is 15.6 Å². The van der Waals surface area contributed by atoms with E-state index in [4.69, 9.17) is 4.74 Å². The van der Waals surface area contributed by atoms with Crippen molar-refractivity contribution in [1.82, 2.24) is 0 Å². The minimum Gasteiger partial charge on any atom is -0.458 e. The first-order chi connectivity index (χ1) is 11.0. The summed E-state index contributed by atoms with van der Waals surface area (Å²) in [7, 11) is 0. The molecule has 0 aliphatic heterocycles. The number of nitro groups is 1. The summed E-state index contributed by atoms with van der Waals surface area (Å²) in [4.78, 5) is 22.0. The zero-order valence-electron chi connectivity index (χ0n) is 11.7. The van der Waals surface area contributed by atoms with Gasteiger partial charge in [0, 0.05) is 22.2 Å². The highest BCUT2D eigenvalue weighted by molar-refractivity contribution is 9.10. The molecule has 2 aromatic carbocycles. The van der Waals surface area contributed by atoms with Gasteiger partial charge in [0.15, 0.2) is 0 Å². The van der Waals surface area contributed by atoms with Crippen molar-refractivity contribution in [3.8, 4) is 0 Å². The largest absolute Gasteiger partial charge is 0.458 e. The Morgan fingerprint density at radius 2 is 2.04 bits per heavy atom. The van der Waals surface area contributed by atoms with Crippen LogP contribution in [0.4, 0.5) is 10.1 Å². The van der Waals surface area contributed by atoms with E-state index in [0.717, 1.165) is 6.08 Å². The highest BCUT2D eigenvalue weighted by Gasteiger charge is 2.10. The Morgan fingerprint density at radius 1 is 1.30 bits per heavy atom. The van der Waals surface area contributed by atoms with Gasteiger partial charge in [0.2, 0.25) is 0 Å². The summed E-state index contributed by atoms with van der Waals surface area (Å²) >= 11 is 3.17. The van der Waals surface area contributed by atoms with Crippen LogP contribution in [-0.4, -0.2) is 10.9 Å². The van der Waals surface area contributed by atoms with Crippen molar-refractivity contribution in [3.63, 3.8) is 0 Å². The van der Waals surface area contributed by atoms with E-state index in [1.54, 1.807) is 12.1 Å². The molecule has 0 N–H and O–H groups in total. The van der Waals surface area contributed by atoms with Crippen molar-refractivity contribution in [1.29, 1.82) is 0 Å². The second-order valence-corrected chi connectivity index (χ2v) is 5.35. The van der Waals surface area contributed by atoms with Gasteiger partial charge in [0.05, 0.1) is 10.5 Å². The lowest BCUT2D eigenvalue weighted by Crippen LogP contribution is -2.01. The summed E-state index contributed by atoms with van der Waals surface area (Å²) in [6, 6.07) is 10.1. The monoisotopic (exact) mass is 379 g/mol. The molecule has 0 aromatic heterocycles. The average molecular weight is 380 g/mol. The molecule has 0 fully saturated rings. The number of hydrogen-bond donors (Lipinski definition) is 0. The van der Waals surface area contributed by atoms with Gasteiger partial charge in [-0.1, -0.05) is 34.1 Å². The van der Waals surface area contributed by atoms with Crippen molar-refractivity contribution in [2.45, 2.75) is 6.61 Å². The summed E-state index contributed by atoms with van der Waals surface area (Å²) in [5, 5.41) is 10.9. The lowest BCUT2D eigenvalue weighted by Gasteiger charge is -2.05. The number of hydrogen-bond acceptors (Lipinski definition) is 4. The Hall–Kier alpha value is -2.54. The average Bonchev–Trinajstić information content (AvgIpc) is 2.52. The van der Waals surface area contributed by atoms with Crippen LogP contribution in [0.2, 0.25) is 0 Å². The number of halogens is 2. The van der Waals surface area contributed by atoms with E-state index in [2.05, 4.69) is 15.9 Å². The molecule has 2 rings (SSSR count). The van der Waals surface area contributed by atoms with Gasteiger partial charge in [0.25, 0.3) is 5.69 Å². The van der Waals surface area contributed by atoms with Crippen molar-refractivity contribution < 1.29 is 18.8 Å². The summed E-state index contributed by atoms with van der Waals surface area (Å²) in [6.45, 7) is -0.0408. The molecule has 23 heavy (non-hydrogen) atoms. The predicted molar refractivity (Wildman–Crippen MR) is 86.0 cm³/mol. The van der Waals surface area contributed by atoms with E-state index in [1.807, 2.05) is 0 Å². The number of ether oxygens (including phenoxy) is 1. The van der Waals surface area contributed by atoms with Gasteiger partial charge in [-0.15, -0.1) is 0 Å². The van der Waals surface area contributed by atoms with Gasteiger partial charge in [0.1, 0.15) is 12.4 Å². The third-order valence-corrected chi connectivity index (χ3v) is 3.66. The molecule has 7 heteroatoms. The number of para-hydroxylation sites is 1. The zero-order valence-corrected chi connectivity index (χ0v) is 13.3. The van der Waals surface area contributed by atoms with Crippen LogP contribution in [0, 0.1) is 15.9 Å². The topological polar surface area (TPSA) is 69.4 Å². The molecule has 0 saturated carbocycles. The molecule has 0 saturated heterocycles. The Labute approximate surface area is 139 Å². The van der Waals surface area contributed by atoms with Crippen molar-refractivity contribution in [3.05, 3.63) is 80.1 Å². The molecule has 0 aliphatic rings. The molecule has 2 aromatic rings. The van der Waals surface area contributed by atoms with Crippen LogP contribution in [0.1, 0.15) is 11.1 Å². The molecule has 0 spiro atoms. The molecule has 0 amide bonds. The fourth-order valence-electron chi connectivity index (χ4n) is 1.79. The fraction of sp³-hybridized carbons (Fsp3) is 0.0625. The van der Waals surface area contributed by atoms with E-state index in [-0.39, 0.29) is 12.3 Å². The highest BCUT2D eigenvalue weighted by atomic mass is 79.9. The number of carbonyl (C=O) groups excluding carboxylic acids is 1. The van der Waals surface area contributed by atoms with Gasteiger partial charge in [-0.25, -0.2) is 9.18 Å². The van der Waals surface area contributed by atoms with Gasteiger partial charge in [-0.05, 0) is 24.3 Å². The van der Waals surface area contributed by atoms with Crippen LogP contribution in [0.3, 0.4) is 0 Å². The van der Waals surface area contributed by atoms with E-state index in [1.165, 1.54) is 36.4 Å². The van der Waals surface area contributed by atoms with E-state index < -0.39 is 16.7 Å². The SMILES string of the molecule is O=C(/C=C/c1ccccc1[N+](=O)[O-])OCc1ccc(F)cc1Br. The molecule has 0 aliphatic carbocycles. The minimum absolute atomic E-state index is 0.0408. The molecule has 5 nitrogen and oxygen atoms in total. The smallest absolute Gasteiger partial charge is 0.331 e. The lowest BCUT2D eigenvalue weighted by molar-refractivity contribution is -0.385. The fourth-order valence-corrected chi connectivity index (χ4v) is 2.25. The summed E-state index contributed by atoms with van der Waals surface area (Å²) in [5.74, 6) is -1.05. The third kappa shape index (κ3) is 4.72. The second-order valence-electron chi connectivity index (χ2n) is 4.49. The van der Waals surface area contributed by atoms with Crippen LogP contribution in [0.15, 0.2) is 53.0 Å². The van der Waals surface area contributed by atoms with Gasteiger partial charge < -0.3 is 4.74 Å². The summed E-state index contributed by atoms with van der Waals surface area (Å²) < 4.78 is 18.5. The maximum absolute atomic E-state index is 13.0. The van der Waals surface area contributed by atoms with Gasteiger partial charge in [-0.2, -0.15) is 0 Å². The van der Waals surface area contributed by atoms with Gasteiger partial charge in [-0.3, -0.25) is 10.1 Å². The Balaban J connectivity index is 2.01. The van der Waals surface area contributed by atoms with Crippen LogP contribution in [-0.2, 0) is 16.1 Å². The Kier molecular flexibility index (Phi) is 5.59. The van der Waals surface area contributed by atoms with E-state index >= 15 is 0 Å². The van der Waals surface area contributed by atoms with Crippen molar-refractivity contribution in [2.75, 3.05) is 0 Å². The van der Waals surface area contributed by atoms with Gasteiger partial charge >= 0.3 is 5.97 Å². The van der Waals surface area contributed by atoms with Crippen molar-refractivity contribution >= 4 is 33.7 Å². The number of nitro benzene ring substituents is 1. The molecular weight excluding hydrogens is 369 g/mol. The molecule has 0 heterocycles. The first-order valence-electron chi connectivity index (χ1n) is 6.49. The summed E-state index contributed by atoms with van der Waals surface area (Å²) in [5.41, 5.74) is 0.814. The normalized spacial score (nSPS) is 10.7. The molecule has 0 radical (unpaired) electrons. The van der Waals surface area contributed by atoms with Crippen molar-refractivity contribution in [2.24, 2.45) is 0 Å². The van der Waals surface area contributed by atoms with E-state index in [9.17, 15) is 19.3 Å². The molecule has 0 atom stereocenters. The van der Waals surface area contributed by atoms with Crippen LogP contribution in [0.5, 0.6) is 0 Å². The minimum atomic E-state index is -0.653. The number of rotatable bonds is 5. The first-order valence-corrected chi connectivity index (χ1v) is 7.29. The number of carbonyl (C=O) groups is 1. The molecule has 0 bridgehead atoms. The second kappa shape index (κ2) is 7.64. The maximum atomic E-state index is 13.0. The predicted octanol–water partition coefficient (Wildman–Crippen LogP) is 4.25. The molecule has 0 unspecified atom stereocenters. The summed E-state index contributed by atoms with van der Waals surface area (Å²) in [6.07, 6.45) is 2.43. The molecule has 118 valence electrons. The quantitative estimate of drug-likeness (QED) is 0.337. The Bertz CT molecular complexity index is 776. The third-order valence-electron chi connectivity index (χ3n) is 2.92. The van der Waals surface area contributed by atoms with Crippen LogP contribution in [0.25, 0.3) is 6.08 Å².